The van der Waals surface area contributed by atoms with Gasteiger partial charge in [0.15, 0.2) is 5.82 Å². The minimum absolute atomic E-state index is 0.597. The molecule has 0 aromatic carbocycles. The SMILES string of the molecule is CCC(C)CN(C)c1nc(OC)ccc1N. The van der Waals surface area contributed by atoms with Crippen LogP contribution in [0.25, 0.3) is 0 Å². The van der Waals surface area contributed by atoms with Crippen molar-refractivity contribution in [2.24, 2.45) is 5.92 Å². The second kappa shape index (κ2) is 5.58. The molecule has 90 valence electrons. The monoisotopic (exact) mass is 223 g/mol. The Kier molecular flexibility index (Phi) is 4.40. The Balaban J connectivity index is 2.84. The van der Waals surface area contributed by atoms with Crippen LogP contribution in [0.4, 0.5) is 11.5 Å². The summed E-state index contributed by atoms with van der Waals surface area (Å²) in [5.41, 5.74) is 6.59. The highest BCUT2D eigenvalue weighted by atomic mass is 16.5. The quantitative estimate of drug-likeness (QED) is 0.831. The number of hydrogen-bond acceptors (Lipinski definition) is 4. The summed E-state index contributed by atoms with van der Waals surface area (Å²) >= 11 is 0. The smallest absolute Gasteiger partial charge is 0.215 e. The molecule has 1 unspecified atom stereocenters. The first kappa shape index (κ1) is 12.6. The molecule has 4 nitrogen and oxygen atoms in total. The molecule has 0 fully saturated rings. The summed E-state index contributed by atoms with van der Waals surface area (Å²) < 4.78 is 5.10. The molecule has 2 N–H and O–H groups in total. The van der Waals surface area contributed by atoms with Gasteiger partial charge in [0.05, 0.1) is 12.8 Å². The molecule has 0 bridgehead atoms. The predicted octanol–water partition coefficient (Wildman–Crippen LogP) is 2.15. The van der Waals surface area contributed by atoms with E-state index in [0.29, 0.717) is 17.5 Å². The number of nitrogen functional groups attached to an aromatic ring is 1. The van der Waals surface area contributed by atoms with E-state index in [1.54, 1.807) is 13.2 Å². The zero-order valence-corrected chi connectivity index (χ0v) is 10.5. The highest BCUT2D eigenvalue weighted by Crippen LogP contribution is 2.23. The fourth-order valence-corrected chi connectivity index (χ4v) is 1.54. The number of ether oxygens (including phenoxy) is 1. The van der Waals surface area contributed by atoms with Crippen molar-refractivity contribution in [1.82, 2.24) is 4.98 Å². The number of hydrogen-bond donors (Lipinski definition) is 1. The van der Waals surface area contributed by atoms with Crippen molar-refractivity contribution in [1.29, 1.82) is 0 Å². The number of nitrogens with zero attached hydrogens (tertiary/aromatic N) is 2. The second-order valence-corrected chi connectivity index (χ2v) is 4.16. The zero-order chi connectivity index (χ0) is 12.1. The van der Waals surface area contributed by atoms with Gasteiger partial charge in [-0.2, -0.15) is 4.98 Å². The molecule has 0 aliphatic rings. The van der Waals surface area contributed by atoms with Crippen LogP contribution in [0, 0.1) is 5.92 Å². The Hall–Kier alpha value is -1.45. The van der Waals surface area contributed by atoms with Crippen LogP contribution in [-0.4, -0.2) is 25.7 Å². The van der Waals surface area contributed by atoms with Gasteiger partial charge in [0.2, 0.25) is 5.88 Å². The van der Waals surface area contributed by atoms with Crippen LogP contribution in [-0.2, 0) is 0 Å². The maximum absolute atomic E-state index is 5.90. The first-order chi connectivity index (χ1) is 7.58. The molecule has 0 saturated carbocycles. The van der Waals surface area contributed by atoms with Crippen LogP contribution in [0.1, 0.15) is 20.3 Å². The van der Waals surface area contributed by atoms with Gasteiger partial charge in [-0.05, 0) is 12.0 Å². The number of pyridine rings is 1. The van der Waals surface area contributed by atoms with Gasteiger partial charge in [0.1, 0.15) is 0 Å². The third kappa shape index (κ3) is 3.02. The van der Waals surface area contributed by atoms with Crippen molar-refractivity contribution >= 4 is 11.5 Å². The van der Waals surface area contributed by atoms with Crippen LogP contribution in [0.15, 0.2) is 12.1 Å². The Labute approximate surface area is 97.4 Å². The van der Waals surface area contributed by atoms with Crippen LogP contribution >= 0.6 is 0 Å². The normalized spacial score (nSPS) is 12.2. The standard InChI is InChI=1S/C12H21N3O/c1-5-9(2)8-15(3)12-10(13)6-7-11(14-12)16-4/h6-7,9H,5,8,13H2,1-4H3. The van der Waals surface area contributed by atoms with E-state index in [4.69, 9.17) is 10.5 Å². The summed E-state index contributed by atoms with van der Waals surface area (Å²) in [6.07, 6.45) is 1.15. The minimum Gasteiger partial charge on any atom is -0.481 e. The number of rotatable bonds is 5. The van der Waals surface area contributed by atoms with Crippen molar-refractivity contribution in [3.63, 3.8) is 0 Å². The van der Waals surface area contributed by atoms with Gasteiger partial charge >= 0.3 is 0 Å². The molecule has 1 rings (SSSR count). The van der Waals surface area contributed by atoms with Gasteiger partial charge in [-0.3, -0.25) is 0 Å². The Bertz CT molecular complexity index is 341. The van der Waals surface area contributed by atoms with Gasteiger partial charge < -0.3 is 15.4 Å². The maximum atomic E-state index is 5.90. The number of methoxy groups -OCH3 is 1. The van der Waals surface area contributed by atoms with Gasteiger partial charge in [-0.1, -0.05) is 20.3 Å². The minimum atomic E-state index is 0.597. The first-order valence-electron chi connectivity index (χ1n) is 5.60. The summed E-state index contributed by atoms with van der Waals surface area (Å²) in [4.78, 5) is 6.43. The van der Waals surface area contributed by atoms with Crippen LogP contribution in [0.2, 0.25) is 0 Å². The molecule has 4 heteroatoms. The average molecular weight is 223 g/mol. The van der Waals surface area contributed by atoms with E-state index in [1.807, 2.05) is 13.1 Å². The highest BCUT2D eigenvalue weighted by Gasteiger charge is 2.11. The molecule has 0 aliphatic heterocycles. The van der Waals surface area contributed by atoms with E-state index in [9.17, 15) is 0 Å². The molecule has 0 saturated heterocycles. The lowest BCUT2D eigenvalue weighted by molar-refractivity contribution is 0.398. The van der Waals surface area contributed by atoms with Crippen LogP contribution in [0.3, 0.4) is 0 Å². The van der Waals surface area contributed by atoms with Crippen molar-refractivity contribution in [3.8, 4) is 5.88 Å². The summed E-state index contributed by atoms with van der Waals surface area (Å²) in [5.74, 6) is 2.01. The van der Waals surface area contributed by atoms with Gasteiger partial charge in [0.25, 0.3) is 0 Å². The van der Waals surface area contributed by atoms with Gasteiger partial charge in [0, 0.05) is 19.7 Å². The summed E-state index contributed by atoms with van der Waals surface area (Å²) in [6.45, 7) is 5.34. The summed E-state index contributed by atoms with van der Waals surface area (Å²) in [6, 6.07) is 3.60. The first-order valence-corrected chi connectivity index (χ1v) is 5.60. The lowest BCUT2D eigenvalue weighted by Gasteiger charge is -2.23. The van der Waals surface area contributed by atoms with E-state index in [-0.39, 0.29) is 0 Å². The lowest BCUT2D eigenvalue weighted by atomic mass is 10.1. The molecule has 0 radical (unpaired) electrons. The van der Waals surface area contributed by atoms with E-state index in [2.05, 4.69) is 23.7 Å². The largest absolute Gasteiger partial charge is 0.481 e. The van der Waals surface area contributed by atoms with Gasteiger partial charge in [-0.25, -0.2) is 0 Å². The Morgan fingerprint density at radius 2 is 2.19 bits per heavy atom. The third-order valence-electron chi connectivity index (χ3n) is 2.73. The number of nitrogens with two attached hydrogens (primary N) is 1. The van der Waals surface area contributed by atoms with Crippen molar-refractivity contribution < 1.29 is 4.74 Å². The number of anilines is 2. The topological polar surface area (TPSA) is 51.4 Å². The van der Waals surface area contributed by atoms with E-state index < -0.39 is 0 Å². The summed E-state index contributed by atoms with van der Waals surface area (Å²) in [7, 11) is 3.61. The third-order valence-corrected chi connectivity index (χ3v) is 2.73. The maximum Gasteiger partial charge on any atom is 0.215 e. The molecule has 0 aliphatic carbocycles. The van der Waals surface area contributed by atoms with Crippen molar-refractivity contribution in [2.45, 2.75) is 20.3 Å². The molecule has 1 aromatic rings. The molecule has 1 atom stereocenters. The predicted molar refractivity (Wildman–Crippen MR) is 67.9 cm³/mol. The molecule has 0 spiro atoms. The zero-order valence-electron chi connectivity index (χ0n) is 10.5. The second-order valence-electron chi connectivity index (χ2n) is 4.16. The fourth-order valence-electron chi connectivity index (χ4n) is 1.54. The molecular weight excluding hydrogens is 202 g/mol. The molecule has 16 heavy (non-hydrogen) atoms. The summed E-state index contributed by atoms with van der Waals surface area (Å²) in [5, 5.41) is 0. The van der Waals surface area contributed by atoms with Gasteiger partial charge in [-0.15, -0.1) is 0 Å². The Morgan fingerprint density at radius 1 is 1.50 bits per heavy atom. The van der Waals surface area contributed by atoms with Crippen molar-refractivity contribution in [2.75, 3.05) is 31.3 Å². The number of aromatic nitrogens is 1. The lowest BCUT2D eigenvalue weighted by Crippen LogP contribution is -2.25. The fraction of sp³-hybridized carbons (Fsp3) is 0.583. The molecule has 0 amide bonds. The molecule has 1 heterocycles. The van der Waals surface area contributed by atoms with E-state index in [1.165, 1.54) is 0 Å². The molecule has 1 aromatic heterocycles. The van der Waals surface area contributed by atoms with E-state index >= 15 is 0 Å². The van der Waals surface area contributed by atoms with Crippen LogP contribution < -0.4 is 15.4 Å². The average Bonchev–Trinajstić information content (AvgIpc) is 2.29. The Morgan fingerprint density at radius 3 is 2.75 bits per heavy atom. The van der Waals surface area contributed by atoms with E-state index in [0.717, 1.165) is 18.8 Å². The van der Waals surface area contributed by atoms with Crippen LogP contribution in [0.5, 0.6) is 5.88 Å². The van der Waals surface area contributed by atoms with Crippen molar-refractivity contribution in [3.05, 3.63) is 12.1 Å². The highest BCUT2D eigenvalue weighted by molar-refractivity contribution is 5.63. The molecular formula is C12H21N3O.